The minimum Gasteiger partial charge on any atom is -0.472 e. The van der Waals surface area contributed by atoms with Crippen molar-refractivity contribution in [2.24, 2.45) is 5.92 Å². The predicted octanol–water partition coefficient (Wildman–Crippen LogP) is 2.61. The molecule has 0 spiro atoms. The number of nitrogens with zero attached hydrogens (tertiary/aromatic N) is 3. The number of furan rings is 1. The number of hydrogen-bond donors (Lipinski definition) is 1. The fraction of sp³-hybridized carbons (Fsp3) is 0.381. The first kappa shape index (κ1) is 18.3. The van der Waals surface area contributed by atoms with Gasteiger partial charge in [-0.2, -0.15) is 0 Å². The lowest BCUT2D eigenvalue weighted by Gasteiger charge is -2.31. The van der Waals surface area contributed by atoms with Crippen molar-refractivity contribution < 1.29 is 14.0 Å². The highest BCUT2D eigenvalue weighted by Gasteiger charge is 2.29. The molecule has 0 aliphatic carbocycles. The molecule has 0 radical (unpaired) electrons. The second-order valence-electron chi connectivity index (χ2n) is 7.19. The van der Waals surface area contributed by atoms with E-state index in [1.807, 2.05) is 31.2 Å². The quantitative estimate of drug-likeness (QED) is 0.738. The van der Waals surface area contributed by atoms with E-state index in [1.54, 1.807) is 11.0 Å². The lowest BCUT2D eigenvalue weighted by Crippen LogP contribution is -2.45. The standard InChI is InChI=1S/C21H24N4O3/c1-15-23-18-6-2-3-7-19(18)25(15)11-9-22-20(26)16-5-4-10-24(13-16)21(27)17-8-12-28-14-17/h2-3,6-8,12,14,16H,4-5,9-11,13H2,1H3,(H,22,26)/t16-/m0/s1. The molecule has 0 unspecified atom stereocenters. The van der Waals surface area contributed by atoms with Gasteiger partial charge in [-0.25, -0.2) is 4.98 Å². The maximum atomic E-state index is 12.6. The molecule has 7 nitrogen and oxygen atoms in total. The number of para-hydroxylation sites is 2. The number of likely N-dealkylation sites (tertiary alicyclic amines) is 1. The summed E-state index contributed by atoms with van der Waals surface area (Å²) < 4.78 is 7.11. The Morgan fingerprint density at radius 2 is 2.14 bits per heavy atom. The van der Waals surface area contributed by atoms with Gasteiger partial charge in [0.1, 0.15) is 12.1 Å². The maximum Gasteiger partial charge on any atom is 0.257 e. The SMILES string of the molecule is Cc1nc2ccccc2n1CCNC(=O)[C@H]1CCCN(C(=O)c2ccoc2)C1. The van der Waals surface area contributed by atoms with E-state index in [9.17, 15) is 9.59 Å². The van der Waals surface area contributed by atoms with E-state index in [0.29, 0.717) is 31.7 Å². The van der Waals surface area contributed by atoms with Gasteiger partial charge in [-0.3, -0.25) is 9.59 Å². The van der Waals surface area contributed by atoms with Crippen LogP contribution in [0.2, 0.25) is 0 Å². The Bertz CT molecular complexity index is 977. The van der Waals surface area contributed by atoms with E-state index in [0.717, 1.165) is 29.7 Å². The zero-order chi connectivity index (χ0) is 19.5. The number of amides is 2. The van der Waals surface area contributed by atoms with Gasteiger partial charge in [-0.05, 0) is 38.0 Å². The van der Waals surface area contributed by atoms with Crippen LogP contribution in [0, 0.1) is 12.8 Å². The third kappa shape index (κ3) is 3.65. The van der Waals surface area contributed by atoms with Gasteiger partial charge in [0.05, 0.1) is 28.8 Å². The van der Waals surface area contributed by atoms with E-state index in [4.69, 9.17) is 4.42 Å². The van der Waals surface area contributed by atoms with Gasteiger partial charge in [-0.15, -0.1) is 0 Å². The summed E-state index contributed by atoms with van der Waals surface area (Å²) in [7, 11) is 0. The van der Waals surface area contributed by atoms with E-state index >= 15 is 0 Å². The lowest BCUT2D eigenvalue weighted by atomic mass is 9.96. The number of hydrogen-bond acceptors (Lipinski definition) is 4. The number of nitrogens with one attached hydrogen (secondary N) is 1. The molecule has 1 aliphatic heterocycles. The molecule has 1 N–H and O–H groups in total. The largest absolute Gasteiger partial charge is 0.472 e. The van der Waals surface area contributed by atoms with Crippen LogP contribution in [-0.4, -0.2) is 45.9 Å². The molecule has 1 saturated heterocycles. The second kappa shape index (κ2) is 7.88. The fourth-order valence-electron chi connectivity index (χ4n) is 3.86. The molecule has 4 rings (SSSR count). The summed E-state index contributed by atoms with van der Waals surface area (Å²) in [5.41, 5.74) is 2.57. The number of rotatable bonds is 5. The predicted molar refractivity (Wildman–Crippen MR) is 105 cm³/mol. The van der Waals surface area contributed by atoms with Gasteiger partial charge < -0.3 is 19.2 Å². The number of carbonyl (C=O) groups is 2. The van der Waals surface area contributed by atoms with Crippen molar-refractivity contribution in [2.75, 3.05) is 19.6 Å². The van der Waals surface area contributed by atoms with Gasteiger partial charge in [-0.1, -0.05) is 12.1 Å². The Morgan fingerprint density at radius 3 is 2.96 bits per heavy atom. The average Bonchev–Trinajstić information content (AvgIpc) is 3.36. The number of fused-ring (bicyclic) bond motifs is 1. The van der Waals surface area contributed by atoms with Crippen molar-refractivity contribution in [1.82, 2.24) is 19.8 Å². The highest BCUT2D eigenvalue weighted by atomic mass is 16.3. The Balaban J connectivity index is 1.33. The van der Waals surface area contributed by atoms with Crippen LogP contribution in [0.4, 0.5) is 0 Å². The first-order valence-corrected chi connectivity index (χ1v) is 9.64. The Morgan fingerprint density at radius 1 is 1.29 bits per heavy atom. The molecule has 3 aromatic rings. The van der Waals surface area contributed by atoms with Crippen LogP contribution in [-0.2, 0) is 11.3 Å². The fourth-order valence-corrected chi connectivity index (χ4v) is 3.86. The molecule has 1 fully saturated rings. The van der Waals surface area contributed by atoms with Crippen LogP contribution in [0.5, 0.6) is 0 Å². The highest BCUT2D eigenvalue weighted by molar-refractivity contribution is 5.94. The summed E-state index contributed by atoms with van der Waals surface area (Å²) >= 11 is 0. The average molecular weight is 380 g/mol. The van der Waals surface area contributed by atoms with Crippen LogP contribution < -0.4 is 5.32 Å². The molecule has 3 heterocycles. The van der Waals surface area contributed by atoms with E-state index < -0.39 is 0 Å². The van der Waals surface area contributed by atoms with Crippen molar-refractivity contribution in [1.29, 1.82) is 0 Å². The zero-order valence-corrected chi connectivity index (χ0v) is 15.9. The van der Waals surface area contributed by atoms with Crippen molar-refractivity contribution in [3.8, 4) is 0 Å². The molecule has 0 saturated carbocycles. The maximum absolute atomic E-state index is 12.6. The van der Waals surface area contributed by atoms with E-state index in [-0.39, 0.29) is 17.7 Å². The van der Waals surface area contributed by atoms with Gasteiger partial charge in [0, 0.05) is 26.2 Å². The number of benzene rings is 1. The number of aromatic nitrogens is 2. The topological polar surface area (TPSA) is 80.4 Å². The van der Waals surface area contributed by atoms with Crippen molar-refractivity contribution in [2.45, 2.75) is 26.3 Å². The van der Waals surface area contributed by atoms with Crippen molar-refractivity contribution >= 4 is 22.8 Å². The molecule has 1 atom stereocenters. The van der Waals surface area contributed by atoms with E-state index in [1.165, 1.54) is 12.5 Å². The number of carbonyl (C=O) groups excluding carboxylic acids is 2. The molecular formula is C21H24N4O3. The molecule has 146 valence electrons. The Kier molecular flexibility index (Phi) is 5.14. The Labute approximate surface area is 163 Å². The normalized spacial score (nSPS) is 17.0. The van der Waals surface area contributed by atoms with Gasteiger partial charge in [0.15, 0.2) is 0 Å². The van der Waals surface area contributed by atoms with Crippen LogP contribution in [0.15, 0.2) is 47.3 Å². The third-order valence-corrected chi connectivity index (χ3v) is 5.33. The molecule has 7 heteroatoms. The monoisotopic (exact) mass is 380 g/mol. The smallest absolute Gasteiger partial charge is 0.257 e. The number of aryl methyl sites for hydroxylation is 1. The van der Waals surface area contributed by atoms with Gasteiger partial charge in [0.25, 0.3) is 5.91 Å². The molecule has 2 amide bonds. The van der Waals surface area contributed by atoms with Crippen molar-refractivity contribution in [3.63, 3.8) is 0 Å². The first-order valence-electron chi connectivity index (χ1n) is 9.64. The third-order valence-electron chi connectivity index (χ3n) is 5.33. The van der Waals surface area contributed by atoms with Gasteiger partial charge in [0.2, 0.25) is 5.91 Å². The van der Waals surface area contributed by atoms with Crippen molar-refractivity contribution in [3.05, 3.63) is 54.2 Å². The summed E-state index contributed by atoms with van der Waals surface area (Å²) in [6.45, 7) is 4.30. The molecule has 2 aromatic heterocycles. The highest BCUT2D eigenvalue weighted by Crippen LogP contribution is 2.19. The van der Waals surface area contributed by atoms with Crippen LogP contribution >= 0.6 is 0 Å². The van der Waals surface area contributed by atoms with Gasteiger partial charge >= 0.3 is 0 Å². The summed E-state index contributed by atoms with van der Waals surface area (Å²) in [5, 5.41) is 3.03. The van der Waals surface area contributed by atoms with Crippen LogP contribution in [0.1, 0.15) is 29.0 Å². The Hall–Kier alpha value is -3.09. The zero-order valence-electron chi connectivity index (χ0n) is 15.9. The number of imidazole rings is 1. The molecule has 0 bridgehead atoms. The van der Waals surface area contributed by atoms with Crippen LogP contribution in [0.25, 0.3) is 11.0 Å². The summed E-state index contributed by atoms with van der Waals surface area (Å²) in [6, 6.07) is 9.65. The van der Waals surface area contributed by atoms with Crippen LogP contribution in [0.3, 0.4) is 0 Å². The molecule has 1 aromatic carbocycles. The lowest BCUT2D eigenvalue weighted by molar-refractivity contribution is -0.126. The first-order chi connectivity index (χ1) is 13.6. The summed E-state index contributed by atoms with van der Waals surface area (Å²) in [5.74, 6) is 0.689. The number of piperidine rings is 1. The van der Waals surface area contributed by atoms with E-state index in [2.05, 4.69) is 14.9 Å². The molecule has 28 heavy (non-hydrogen) atoms. The second-order valence-corrected chi connectivity index (χ2v) is 7.19. The summed E-state index contributed by atoms with van der Waals surface area (Å²) in [6.07, 6.45) is 4.56. The minimum absolute atomic E-state index is 0.00627. The summed E-state index contributed by atoms with van der Waals surface area (Å²) in [4.78, 5) is 31.4. The minimum atomic E-state index is -0.176. The molecular weight excluding hydrogens is 356 g/mol. The molecule has 1 aliphatic rings.